The first kappa shape index (κ1) is 13.2. The highest BCUT2D eigenvalue weighted by molar-refractivity contribution is 9.10. The molecule has 1 heterocycles. The molecule has 94 valence electrons. The van der Waals surface area contributed by atoms with Crippen molar-refractivity contribution in [1.29, 1.82) is 0 Å². The van der Waals surface area contributed by atoms with Crippen LogP contribution in [0.3, 0.4) is 0 Å². The Kier molecular flexibility index (Phi) is 4.43. The number of hydrogen-bond acceptors (Lipinski definition) is 5. The van der Waals surface area contributed by atoms with Crippen LogP contribution in [-0.4, -0.2) is 23.3 Å². The second-order valence-electron chi connectivity index (χ2n) is 3.49. The molecule has 0 aliphatic rings. The number of aromatic nitrogens is 2. The van der Waals surface area contributed by atoms with Crippen molar-refractivity contribution in [3.8, 4) is 0 Å². The normalized spacial score (nSPS) is 10.2. The van der Waals surface area contributed by atoms with Crippen molar-refractivity contribution in [1.82, 2.24) is 9.97 Å². The molecule has 1 aromatic carbocycles. The molecule has 0 saturated heterocycles. The molecule has 0 bridgehead atoms. The molecule has 0 fully saturated rings. The molecule has 0 spiro atoms. The van der Waals surface area contributed by atoms with Gasteiger partial charge in [-0.3, -0.25) is 0 Å². The predicted molar refractivity (Wildman–Crippen MR) is 80.8 cm³/mol. The predicted octanol–water partition coefficient (Wildman–Crippen LogP) is 3.75. The topological polar surface area (TPSA) is 49.8 Å². The highest BCUT2D eigenvalue weighted by Crippen LogP contribution is 2.25. The standard InChI is InChI=1S/C12H13BrN4S/c1-14-12-15-7-10(13)11(17-12)16-8-3-5-9(18-2)6-4-8/h3-7H,1-2H3,(H2,14,15,16,17). The number of nitrogens with zero attached hydrogens (tertiary/aromatic N) is 2. The van der Waals surface area contributed by atoms with Crippen molar-refractivity contribution in [2.45, 2.75) is 4.90 Å². The molecule has 0 aliphatic carbocycles. The first-order valence-electron chi connectivity index (χ1n) is 5.34. The van der Waals surface area contributed by atoms with E-state index in [-0.39, 0.29) is 0 Å². The summed E-state index contributed by atoms with van der Waals surface area (Å²) in [7, 11) is 1.79. The SMILES string of the molecule is CNc1ncc(Br)c(Nc2ccc(SC)cc2)n1. The van der Waals surface area contributed by atoms with E-state index in [1.807, 2.05) is 12.1 Å². The molecule has 0 saturated carbocycles. The maximum atomic E-state index is 4.34. The van der Waals surface area contributed by atoms with E-state index in [1.165, 1.54) is 4.90 Å². The van der Waals surface area contributed by atoms with Gasteiger partial charge in [-0.15, -0.1) is 11.8 Å². The quantitative estimate of drug-likeness (QED) is 0.839. The van der Waals surface area contributed by atoms with Gasteiger partial charge in [-0.05, 0) is 46.5 Å². The lowest BCUT2D eigenvalue weighted by molar-refractivity contribution is 1.14. The molecule has 0 aliphatic heterocycles. The maximum Gasteiger partial charge on any atom is 0.224 e. The number of benzene rings is 1. The van der Waals surface area contributed by atoms with Gasteiger partial charge in [-0.2, -0.15) is 4.98 Å². The van der Waals surface area contributed by atoms with Gasteiger partial charge in [0, 0.05) is 23.8 Å². The molecule has 1 aromatic heterocycles. The molecule has 2 rings (SSSR count). The zero-order valence-electron chi connectivity index (χ0n) is 10.1. The highest BCUT2D eigenvalue weighted by Gasteiger charge is 2.04. The van der Waals surface area contributed by atoms with E-state index in [4.69, 9.17) is 0 Å². The third kappa shape index (κ3) is 3.14. The molecular weight excluding hydrogens is 312 g/mol. The molecule has 0 radical (unpaired) electrons. The molecule has 0 unspecified atom stereocenters. The number of thioether (sulfide) groups is 1. The minimum Gasteiger partial charge on any atom is -0.357 e. The molecule has 2 N–H and O–H groups in total. The zero-order chi connectivity index (χ0) is 13.0. The van der Waals surface area contributed by atoms with Crippen LogP contribution in [0.5, 0.6) is 0 Å². The summed E-state index contributed by atoms with van der Waals surface area (Å²) < 4.78 is 0.829. The van der Waals surface area contributed by atoms with Crippen LogP contribution < -0.4 is 10.6 Å². The zero-order valence-corrected chi connectivity index (χ0v) is 12.5. The van der Waals surface area contributed by atoms with E-state index >= 15 is 0 Å². The average Bonchev–Trinajstić information content (AvgIpc) is 2.42. The summed E-state index contributed by atoms with van der Waals surface area (Å²) >= 11 is 5.15. The molecule has 2 aromatic rings. The van der Waals surface area contributed by atoms with Gasteiger partial charge in [0.25, 0.3) is 0 Å². The first-order chi connectivity index (χ1) is 8.72. The van der Waals surface area contributed by atoms with E-state index in [0.29, 0.717) is 5.95 Å². The molecule has 0 atom stereocenters. The summed E-state index contributed by atoms with van der Waals surface area (Å²) in [5.74, 6) is 1.33. The van der Waals surface area contributed by atoms with Crippen LogP contribution in [0.25, 0.3) is 0 Å². The van der Waals surface area contributed by atoms with Gasteiger partial charge >= 0.3 is 0 Å². The third-order valence-corrected chi connectivity index (χ3v) is 3.64. The Morgan fingerprint density at radius 3 is 2.56 bits per heavy atom. The smallest absolute Gasteiger partial charge is 0.224 e. The van der Waals surface area contributed by atoms with E-state index < -0.39 is 0 Å². The molecule has 18 heavy (non-hydrogen) atoms. The van der Waals surface area contributed by atoms with Crippen LogP contribution in [0.15, 0.2) is 39.8 Å². The molecule has 0 amide bonds. The maximum absolute atomic E-state index is 4.34. The van der Waals surface area contributed by atoms with Crippen LogP contribution in [-0.2, 0) is 0 Å². The van der Waals surface area contributed by atoms with Crippen molar-refractivity contribution in [2.75, 3.05) is 23.9 Å². The van der Waals surface area contributed by atoms with Gasteiger partial charge in [0.05, 0.1) is 4.47 Å². The molecule has 4 nitrogen and oxygen atoms in total. The lowest BCUT2D eigenvalue weighted by atomic mass is 10.3. The second-order valence-corrected chi connectivity index (χ2v) is 5.23. The van der Waals surface area contributed by atoms with Gasteiger partial charge in [0.15, 0.2) is 0 Å². The largest absolute Gasteiger partial charge is 0.357 e. The van der Waals surface area contributed by atoms with Crippen molar-refractivity contribution in [3.05, 3.63) is 34.9 Å². The van der Waals surface area contributed by atoms with Crippen LogP contribution in [0.1, 0.15) is 0 Å². The van der Waals surface area contributed by atoms with Gasteiger partial charge in [0.2, 0.25) is 5.95 Å². The second kappa shape index (κ2) is 6.06. The fourth-order valence-corrected chi connectivity index (χ4v) is 2.08. The minimum absolute atomic E-state index is 0.585. The van der Waals surface area contributed by atoms with Gasteiger partial charge < -0.3 is 10.6 Å². The Labute approximate surface area is 119 Å². The van der Waals surface area contributed by atoms with Gasteiger partial charge in [0.1, 0.15) is 5.82 Å². The summed E-state index contributed by atoms with van der Waals surface area (Å²) in [6.45, 7) is 0. The van der Waals surface area contributed by atoms with Crippen LogP contribution >= 0.6 is 27.7 Å². The fourth-order valence-electron chi connectivity index (χ4n) is 1.39. The van der Waals surface area contributed by atoms with Gasteiger partial charge in [-0.25, -0.2) is 4.98 Å². The van der Waals surface area contributed by atoms with Crippen LogP contribution in [0.2, 0.25) is 0 Å². The van der Waals surface area contributed by atoms with Crippen LogP contribution in [0.4, 0.5) is 17.5 Å². The summed E-state index contributed by atoms with van der Waals surface area (Å²) in [4.78, 5) is 9.69. The van der Waals surface area contributed by atoms with Crippen molar-refractivity contribution >= 4 is 45.1 Å². The van der Waals surface area contributed by atoms with E-state index in [0.717, 1.165) is 16.0 Å². The monoisotopic (exact) mass is 324 g/mol. The Bertz CT molecular complexity index is 530. The van der Waals surface area contributed by atoms with E-state index in [2.05, 4.69) is 54.9 Å². The Balaban J connectivity index is 2.21. The molecule has 6 heteroatoms. The highest BCUT2D eigenvalue weighted by atomic mass is 79.9. The minimum atomic E-state index is 0.585. The number of hydrogen-bond donors (Lipinski definition) is 2. The van der Waals surface area contributed by atoms with Crippen LogP contribution in [0, 0.1) is 0 Å². The summed E-state index contributed by atoms with van der Waals surface area (Å²) in [5, 5.41) is 6.16. The van der Waals surface area contributed by atoms with Crippen molar-refractivity contribution in [2.24, 2.45) is 0 Å². The number of anilines is 3. The lowest BCUT2D eigenvalue weighted by Gasteiger charge is -2.09. The average molecular weight is 325 g/mol. The Morgan fingerprint density at radius 2 is 1.94 bits per heavy atom. The summed E-state index contributed by atoms with van der Waals surface area (Å²) in [6, 6.07) is 8.20. The first-order valence-corrected chi connectivity index (χ1v) is 7.36. The summed E-state index contributed by atoms with van der Waals surface area (Å²) in [6.07, 6.45) is 3.78. The number of nitrogens with one attached hydrogen (secondary N) is 2. The third-order valence-electron chi connectivity index (χ3n) is 2.32. The number of rotatable bonds is 4. The fraction of sp³-hybridized carbons (Fsp3) is 0.167. The van der Waals surface area contributed by atoms with E-state index in [9.17, 15) is 0 Å². The Morgan fingerprint density at radius 1 is 1.22 bits per heavy atom. The van der Waals surface area contributed by atoms with Gasteiger partial charge in [-0.1, -0.05) is 0 Å². The van der Waals surface area contributed by atoms with E-state index in [1.54, 1.807) is 25.0 Å². The Hall–Kier alpha value is -1.27. The van der Waals surface area contributed by atoms with Crippen molar-refractivity contribution in [3.63, 3.8) is 0 Å². The lowest BCUT2D eigenvalue weighted by Crippen LogP contribution is -2.01. The van der Waals surface area contributed by atoms with Crippen molar-refractivity contribution < 1.29 is 0 Å². The molecular formula is C12H13BrN4S. The summed E-state index contributed by atoms with van der Waals surface area (Å²) in [5.41, 5.74) is 0.995. The number of halogens is 1.